The van der Waals surface area contributed by atoms with Gasteiger partial charge in [0.25, 0.3) is 5.91 Å². The highest BCUT2D eigenvalue weighted by molar-refractivity contribution is 6.24. The van der Waals surface area contributed by atoms with Crippen LogP contribution < -0.4 is 4.90 Å². The van der Waals surface area contributed by atoms with Crippen LogP contribution >= 0.6 is 0 Å². The molecule has 1 aliphatic rings. The van der Waals surface area contributed by atoms with Gasteiger partial charge >= 0.3 is 0 Å². The minimum Gasteiger partial charge on any atom is -0.298 e. The van der Waals surface area contributed by atoms with E-state index in [0.29, 0.717) is 16.8 Å². The standard InChI is InChI=1S/C16H11NO3/c18-10-11-5-7-13(8-6-11)17-15(19)9-12-3-1-2-4-14(12)16(17)20/h1-8,10H,9H2. The fourth-order valence-corrected chi connectivity index (χ4v) is 2.32. The highest BCUT2D eigenvalue weighted by Gasteiger charge is 2.31. The van der Waals surface area contributed by atoms with Crippen LogP contribution in [0, 0.1) is 0 Å². The normalized spacial score (nSPS) is 14.1. The van der Waals surface area contributed by atoms with Crippen molar-refractivity contribution >= 4 is 23.8 Å². The summed E-state index contributed by atoms with van der Waals surface area (Å²) >= 11 is 0. The highest BCUT2D eigenvalue weighted by Crippen LogP contribution is 2.25. The molecule has 0 bridgehead atoms. The van der Waals surface area contributed by atoms with Gasteiger partial charge in [0.15, 0.2) is 0 Å². The molecule has 4 nitrogen and oxygen atoms in total. The zero-order valence-corrected chi connectivity index (χ0v) is 10.6. The number of nitrogens with zero attached hydrogens (tertiary/aromatic N) is 1. The zero-order valence-electron chi connectivity index (χ0n) is 10.6. The predicted molar refractivity (Wildman–Crippen MR) is 73.8 cm³/mol. The maximum absolute atomic E-state index is 12.4. The number of hydrogen-bond donors (Lipinski definition) is 0. The first-order chi connectivity index (χ1) is 9.70. The number of amides is 2. The van der Waals surface area contributed by atoms with Crippen LogP contribution in [0.4, 0.5) is 5.69 Å². The summed E-state index contributed by atoms with van der Waals surface area (Å²) < 4.78 is 0. The van der Waals surface area contributed by atoms with Crippen molar-refractivity contribution in [3.05, 3.63) is 65.2 Å². The first-order valence-corrected chi connectivity index (χ1v) is 6.21. The zero-order chi connectivity index (χ0) is 14.1. The van der Waals surface area contributed by atoms with Crippen LogP contribution in [-0.2, 0) is 11.2 Å². The summed E-state index contributed by atoms with van der Waals surface area (Å²) in [5.74, 6) is -0.580. The second-order valence-corrected chi connectivity index (χ2v) is 4.58. The number of carbonyl (C=O) groups excluding carboxylic acids is 3. The van der Waals surface area contributed by atoms with Crippen LogP contribution in [-0.4, -0.2) is 18.1 Å². The van der Waals surface area contributed by atoms with Gasteiger partial charge in [-0.2, -0.15) is 0 Å². The van der Waals surface area contributed by atoms with Gasteiger partial charge in [-0.25, -0.2) is 4.90 Å². The SMILES string of the molecule is O=Cc1ccc(N2C(=O)Cc3ccccc3C2=O)cc1. The third-order valence-electron chi connectivity index (χ3n) is 3.33. The molecule has 2 amide bonds. The maximum atomic E-state index is 12.4. The maximum Gasteiger partial charge on any atom is 0.265 e. The molecule has 0 atom stereocenters. The predicted octanol–water partition coefficient (Wildman–Crippen LogP) is 2.23. The fraction of sp³-hybridized carbons (Fsp3) is 0.0625. The summed E-state index contributed by atoms with van der Waals surface area (Å²) in [7, 11) is 0. The molecule has 1 heterocycles. The molecule has 0 N–H and O–H groups in total. The molecule has 0 spiro atoms. The van der Waals surface area contributed by atoms with Gasteiger partial charge in [-0.05, 0) is 35.9 Å². The average molecular weight is 265 g/mol. The lowest BCUT2D eigenvalue weighted by atomic mass is 9.98. The van der Waals surface area contributed by atoms with Gasteiger partial charge in [0.1, 0.15) is 6.29 Å². The van der Waals surface area contributed by atoms with E-state index in [-0.39, 0.29) is 18.2 Å². The number of benzene rings is 2. The van der Waals surface area contributed by atoms with E-state index in [4.69, 9.17) is 0 Å². The molecule has 0 radical (unpaired) electrons. The van der Waals surface area contributed by atoms with Crippen molar-refractivity contribution in [3.8, 4) is 0 Å². The second-order valence-electron chi connectivity index (χ2n) is 4.58. The van der Waals surface area contributed by atoms with Crippen molar-refractivity contribution in [2.24, 2.45) is 0 Å². The lowest BCUT2D eigenvalue weighted by Crippen LogP contribution is -2.42. The molecule has 4 heteroatoms. The number of hydrogen-bond acceptors (Lipinski definition) is 3. The molecule has 2 aromatic rings. The molecule has 0 fully saturated rings. The number of imide groups is 1. The molecule has 20 heavy (non-hydrogen) atoms. The molecule has 0 saturated carbocycles. The van der Waals surface area contributed by atoms with E-state index in [1.165, 1.54) is 0 Å². The quantitative estimate of drug-likeness (QED) is 0.618. The molecule has 0 aromatic heterocycles. The first kappa shape index (κ1) is 12.3. The van der Waals surface area contributed by atoms with Crippen molar-refractivity contribution < 1.29 is 14.4 Å². The van der Waals surface area contributed by atoms with Gasteiger partial charge in [0, 0.05) is 11.1 Å². The van der Waals surface area contributed by atoms with Gasteiger partial charge in [-0.15, -0.1) is 0 Å². The average Bonchev–Trinajstić information content (AvgIpc) is 2.48. The topological polar surface area (TPSA) is 54.5 Å². The summed E-state index contributed by atoms with van der Waals surface area (Å²) in [6.45, 7) is 0. The molecule has 3 rings (SSSR count). The lowest BCUT2D eigenvalue weighted by Gasteiger charge is -2.26. The summed E-state index contributed by atoms with van der Waals surface area (Å²) in [6.07, 6.45) is 0.927. The van der Waals surface area contributed by atoms with Crippen LogP contribution in [0.1, 0.15) is 26.3 Å². The van der Waals surface area contributed by atoms with Crippen LogP contribution in [0.25, 0.3) is 0 Å². The van der Waals surface area contributed by atoms with Gasteiger partial charge in [0.2, 0.25) is 5.91 Å². The number of aldehydes is 1. The van der Waals surface area contributed by atoms with Crippen molar-refractivity contribution in [1.29, 1.82) is 0 Å². The van der Waals surface area contributed by atoms with Crippen LogP contribution in [0.15, 0.2) is 48.5 Å². The van der Waals surface area contributed by atoms with Crippen molar-refractivity contribution in [1.82, 2.24) is 0 Å². The summed E-state index contributed by atoms with van der Waals surface area (Å²) in [5, 5.41) is 0. The Hall–Kier alpha value is -2.75. The van der Waals surface area contributed by atoms with Gasteiger partial charge in [-0.1, -0.05) is 18.2 Å². The first-order valence-electron chi connectivity index (χ1n) is 6.21. The molecular weight excluding hydrogens is 254 g/mol. The van der Waals surface area contributed by atoms with E-state index in [1.54, 1.807) is 42.5 Å². The highest BCUT2D eigenvalue weighted by atomic mass is 16.2. The molecule has 98 valence electrons. The van der Waals surface area contributed by atoms with E-state index in [2.05, 4.69) is 0 Å². The van der Waals surface area contributed by atoms with Crippen molar-refractivity contribution in [3.63, 3.8) is 0 Å². The summed E-state index contributed by atoms with van der Waals surface area (Å²) in [6, 6.07) is 13.5. The van der Waals surface area contributed by atoms with E-state index < -0.39 is 0 Å². The number of carbonyl (C=O) groups is 3. The minimum atomic E-state index is -0.323. The van der Waals surface area contributed by atoms with Crippen molar-refractivity contribution in [2.75, 3.05) is 4.90 Å². The molecule has 1 aliphatic heterocycles. The Balaban J connectivity index is 2.03. The largest absolute Gasteiger partial charge is 0.298 e. The number of fused-ring (bicyclic) bond motifs is 1. The molecule has 2 aromatic carbocycles. The van der Waals surface area contributed by atoms with Crippen molar-refractivity contribution in [2.45, 2.75) is 6.42 Å². The Morgan fingerprint density at radius 1 is 0.950 bits per heavy atom. The van der Waals surface area contributed by atoms with Crippen LogP contribution in [0.3, 0.4) is 0 Å². The molecule has 0 unspecified atom stereocenters. The summed E-state index contributed by atoms with van der Waals surface area (Å²) in [4.78, 5) is 36.4. The van der Waals surface area contributed by atoms with Crippen LogP contribution in [0.5, 0.6) is 0 Å². The van der Waals surface area contributed by atoms with E-state index in [9.17, 15) is 14.4 Å². The Bertz CT molecular complexity index is 704. The molecular formula is C16H11NO3. The monoisotopic (exact) mass is 265 g/mol. The lowest BCUT2D eigenvalue weighted by molar-refractivity contribution is -0.117. The smallest absolute Gasteiger partial charge is 0.265 e. The van der Waals surface area contributed by atoms with Gasteiger partial charge < -0.3 is 0 Å². The third kappa shape index (κ3) is 1.91. The number of rotatable bonds is 2. The Labute approximate surface area is 115 Å². The Morgan fingerprint density at radius 2 is 1.65 bits per heavy atom. The molecule has 0 saturated heterocycles. The fourth-order valence-electron chi connectivity index (χ4n) is 2.32. The van der Waals surface area contributed by atoms with E-state index in [0.717, 1.165) is 16.7 Å². The van der Waals surface area contributed by atoms with Crippen LogP contribution in [0.2, 0.25) is 0 Å². The second kappa shape index (κ2) is 4.74. The molecule has 0 aliphatic carbocycles. The number of anilines is 1. The minimum absolute atomic E-state index is 0.206. The summed E-state index contributed by atoms with van der Waals surface area (Å²) in [5.41, 5.74) is 2.29. The van der Waals surface area contributed by atoms with E-state index in [1.807, 2.05) is 6.07 Å². The van der Waals surface area contributed by atoms with E-state index >= 15 is 0 Å². The third-order valence-corrected chi connectivity index (χ3v) is 3.33. The Kier molecular flexibility index (Phi) is 2.91. The Morgan fingerprint density at radius 3 is 2.35 bits per heavy atom. The van der Waals surface area contributed by atoms with Gasteiger partial charge in [-0.3, -0.25) is 14.4 Å². The van der Waals surface area contributed by atoms with Gasteiger partial charge in [0.05, 0.1) is 12.1 Å².